The second kappa shape index (κ2) is 13.7. The number of hydrogen-bond donors (Lipinski definition) is 2. The van der Waals surface area contributed by atoms with Gasteiger partial charge in [-0.15, -0.1) is 0 Å². The summed E-state index contributed by atoms with van der Waals surface area (Å²) >= 11 is 0. The number of nitrogens with zero attached hydrogens (tertiary/aromatic N) is 3. The average molecular weight is 604 g/mol. The maximum absolute atomic E-state index is 13.4. The van der Waals surface area contributed by atoms with E-state index in [2.05, 4.69) is 19.9 Å². The van der Waals surface area contributed by atoms with Gasteiger partial charge in [0, 0.05) is 43.2 Å². The zero-order valence-electron chi connectivity index (χ0n) is 23.8. The van der Waals surface area contributed by atoms with E-state index in [1.807, 2.05) is 47.4 Å². The van der Waals surface area contributed by atoms with E-state index in [1.54, 1.807) is 42.6 Å². The van der Waals surface area contributed by atoms with Crippen molar-refractivity contribution in [3.63, 3.8) is 0 Å². The van der Waals surface area contributed by atoms with Crippen molar-refractivity contribution in [2.24, 2.45) is 0 Å². The maximum Gasteiger partial charge on any atom is 0.322 e. The lowest BCUT2D eigenvalue weighted by Crippen LogP contribution is -2.48. The SMILES string of the molecule is CS(=O)(=O)Nc1ccc(Oc2ccc(CN3CCC(N(Cc4ccccn4)C(=O)Nc4ccc(F)cc4)CC3)cc2)cc1. The molecular formula is C32H34FN5O4S. The number of pyridine rings is 1. The molecule has 1 fully saturated rings. The molecule has 0 unspecified atom stereocenters. The predicted octanol–water partition coefficient (Wildman–Crippen LogP) is 6.08. The molecule has 0 atom stereocenters. The van der Waals surface area contributed by atoms with Crippen LogP contribution in [0.3, 0.4) is 0 Å². The normalized spacial score (nSPS) is 14.2. The standard InChI is InChI=1S/C32H34FN5O4S/c1-43(40,41)36-27-11-15-31(16-12-27)42-30-13-5-24(6-14-30)22-37-20-17-29(18-21-37)38(23-28-4-2-3-19-34-28)32(39)35-26-9-7-25(33)8-10-26/h2-16,19,29,36H,17-18,20-23H2,1H3,(H,35,39). The van der Waals surface area contributed by atoms with Crippen LogP contribution in [-0.2, 0) is 23.1 Å². The molecule has 0 bridgehead atoms. The quantitative estimate of drug-likeness (QED) is 0.228. The molecule has 0 radical (unpaired) electrons. The first kappa shape index (κ1) is 30.0. The molecular weight excluding hydrogens is 569 g/mol. The molecule has 1 aliphatic heterocycles. The van der Waals surface area contributed by atoms with Gasteiger partial charge in [0.15, 0.2) is 0 Å². The number of benzene rings is 3. The Balaban J connectivity index is 1.15. The minimum atomic E-state index is -3.33. The summed E-state index contributed by atoms with van der Waals surface area (Å²) in [4.78, 5) is 22.0. The summed E-state index contributed by atoms with van der Waals surface area (Å²) in [5.41, 5.74) is 2.98. The lowest BCUT2D eigenvalue weighted by atomic mass is 10.0. The summed E-state index contributed by atoms with van der Waals surface area (Å²) < 4.78 is 44.5. The Morgan fingerprint density at radius 3 is 2.16 bits per heavy atom. The Kier molecular flexibility index (Phi) is 9.53. The Morgan fingerprint density at radius 1 is 0.930 bits per heavy atom. The lowest BCUT2D eigenvalue weighted by molar-refractivity contribution is 0.119. The second-order valence-corrected chi connectivity index (χ2v) is 12.3. The van der Waals surface area contributed by atoms with Crippen molar-refractivity contribution in [1.29, 1.82) is 0 Å². The summed E-state index contributed by atoms with van der Waals surface area (Å²) in [5, 5.41) is 2.91. The van der Waals surface area contributed by atoms with E-state index in [1.165, 1.54) is 12.1 Å². The number of urea groups is 1. The van der Waals surface area contributed by atoms with Crippen LogP contribution in [0.1, 0.15) is 24.1 Å². The zero-order chi connectivity index (χ0) is 30.2. The monoisotopic (exact) mass is 603 g/mol. The number of hydrogen-bond acceptors (Lipinski definition) is 6. The minimum Gasteiger partial charge on any atom is -0.457 e. The molecule has 1 aromatic heterocycles. The predicted molar refractivity (Wildman–Crippen MR) is 165 cm³/mol. The third-order valence-corrected chi connectivity index (χ3v) is 7.74. The van der Waals surface area contributed by atoms with Crippen molar-refractivity contribution in [2.75, 3.05) is 29.4 Å². The highest BCUT2D eigenvalue weighted by Gasteiger charge is 2.28. The number of carbonyl (C=O) groups is 1. The number of sulfonamides is 1. The number of amides is 2. The van der Waals surface area contributed by atoms with Crippen LogP contribution in [0.15, 0.2) is 97.2 Å². The van der Waals surface area contributed by atoms with Gasteiger partial charge >= 0.3 is 6.03 Å². The molecule has 2 amide bonds. The fourth-order valence-electron chi connectivity index (χ4n) is 5.01. The summed E-state index contributed by atoms with van der Waals surface area (Å²) in [6.07, 6.45) is 4.46. The number of likely N-dealkylation sites (tertiary alicyclic amines) is 1. The van der Waals surface area contributed by atoms with Gasteiger partial charge < -0.3 is 15.0 Å². The second-order valence-electron chi connectivity index (χ2n) is 10.5. The Morgan fingerprint density at radius 2 is 1.56 bits per heavy atom. The Labute approximate surface area is 251 Å². The van der Waals surface area contributed by atoms with E-state index in [4.69, 9.17) is 4.74 Å². The third-order valence-electron chi connectivity index (χ3n) is 7.14. The van der Waals surface area contributed by atoms with Gasteiger partial charge in [0.1, 0.15) is 17.3 Å². The maximum atomic E-state index is 13.4. The molecule has 1 aliphatic rings. The molecule has 5 rings (SSSR count). The van der Waals surface area contributed by atoms with Crippen LogP contribution in [0.2, 0.25) is 0 Å². The number of rotatable bonds is 10. The Hall–Kier alpha value is -4.48. The average Bonchev–Trinajstić information content (AvgIpc) is 2.99. The first-order valence-corrected chi connectivity index (χ1v) is 15.9. The number of piperidine rings is 1. The first-order chi connectivity index (χ1) is 20.7. The fraction of sp³-hybridized carbons (Fsp3) is 0.250. The van der Waals surface area contributed by atoms with Crippen molar-refractivity contribution in [1.82, 2.24) is 14.8 Å². The molecule has 11 heteroatoms. The molecule has 43 heavy (non-hydrogen) atoms. The summed E-state index contributed by atoms with van der Waals surface area (Å²) in [6.45, 7) is 2.83. The summed E-state index contributed by atoms with van der Waals surface area (Å²) in [6, 6.07) is 25.9. The largest absolute Gasteiger partial charge is 0.457 e. The van der Waals surface area contributed by atoms with E-state index < -0.39 is 10.0 Å². The van der Waals surface area contributed by atoms with Gasteiger partial charge in [0.25, 0.3) is 0 Å². The van der Waals surface area contributed by atoms with Gasteiger partial charge in [-0.3, -0.25) is 14.6 Å². The molecule has 0 aliphatic carbocycles. The number of aromatic nitrogens is 1. The zero-order valence-corrected chi connectivity index (χ0v) is 24.6. The van der Waals surface area contributed by atoms with Gasteiger partial charge in [-0.1, -0.05) is 18.2 Å². The highest BCUT2D eigenvalue weighted by atomic mass is 32.2. The number of ether oxygens (including phenoxy) is 1. The van der Waals surface area contributed by atoms with E-state index >= 15 is 0 Å². The van der Waals surface area contributed by atoms with E-state index in [-0.39, 0.29) is 17.9 Å². The molecule has 0 spiro atoms. The summed E-state index contributed by atoms with van der Waals surface area (Å²) in [5.74, 6) is 0.935. The van der Waals surface area contributed by atoms with Gasteiger partial charge in [0.05, 0.1) is 18.5 Å². The number of anilines is 2. The molecule has 224 valence electrons. The van der Waals surface area contributed by atoms with Gasteiger partial charge in [-0.05, 0) is 91.2 Å². The number of carbonyl (C=O) groups excluding carboxylic acids is 1. The van der Waals surface area contributed by atoms with Gasteiger partial charge in [-0.25, -0.2) is 17.6 Å². The van der Waals surface area contributed by atoms with Crippen molar-refractivity contribution < 1.29 is 22.3 Å². The summed E-state index contributed by atoms with van der Waals surface area (Å²) in [7, 11) is -3.33. The Bertz CT molecular complexity index is 1590. The van der Waals surface area contributed by atoms with Crippen molar-refractivity contribution in [2.45, 2.75) is 32.0 Å². The molecule has 0 saturated carbocycles. The van der Waals surface area contributed by atoms with Crippen LogP contribution in [0.4, 0.5) is 20.6 Å². The van der Waals surface area contributed by atoms with Crippen molar-refractivity contribution in [3.05, 3.63) is 114 Å². The number of halogens is 1. The van der Waals surface area contributed by atoms with Gasteiger partial charge in [0.2, 0.25) is 10.0 Å². The van der Waals surface area contributed by atoms with Crippen LogP contribution in [0, 0.1) is 5.82 Å². The third kappa shape index (κ3) is 9.00. The van der Waals surface area contributed by atoms with Crippen molar-refractivity contribution in [3.8, 4) is 11.5 Å². The van der Waals surface area contributed by atoms with Crippen LogP contribution in [-0.4, -0.2) is 54.6 Å². The van der Waals surface area contributed by atoms with Crippen LogP contribution >= 0.6 is 0 Å². The van der Waals surface area contributed by atoms with E-state index in [0.29, 0.717) is 29.4 Å². The van der Waals surface area contributed by atoms with E-state index in [9.17, 15) is 17.6 Å². The topological polar surface area (TPSA) is 104 Å². The van der Waals surface area contributed by atoms with Crippen LogP contribution in [0.5, 0.6) is 11.5 Å². The molecule has 4 aromatic rings. The molecule has 2 heterocycles. The minimum absolute atomic E-state index is 0.0357. The van der Waals surface area contributed by atoms with E-state index in [0.717, 1.165) is 50.0 Å². The van der Waals surface area contributed by atoms with Crippen molar-refractivity contribution >= 4 is 27.4 Å². The fourth-order valence-corrected chi connectivity index (χ4v) is 5.58. The smallest absolute Gasteiger partial charge is 0.322 e. The lowest BCUT2D eigenvalue weighted by Gasteiger charge is -2.38. The molecule has 1 saturated heterocycles. The highest BCUT2D eigenvalue weighted by molar-refractivity contribution is 7.92. The molecule has 2 N–H and O–H groups in total. The highest BCUT2D eigenvalue weighted by Crippen LogP contribution is 2.25. The van der Waals surface area contributed by atoms with Crippen LogP contribution in [0.25, 0.3) is 0 Å². The molecule has 3 aromatic carbocycles. The molecule has 9 nitrogen and oxygen atoms in total. The van der Waals surface area contributed by atoms with Crippen LogP contribution < -0.4 is 14.8 Å². The van der Waals surface area contributed by atoms with Gasteiger partial charge in [-0.2, -0.15) is 0 Å². The first-order valence-electron chi connectivity index (χ1n) is 14.0. The number of nitrogens with one attached hydrogen (secondary N) is 2.